The van der Waals surface area contributed by atoms with Gasteiger partial charge in [-0.25, -0.2) is 0 Å². The van der Waals surface area contributed by atoms with Crippen molar-refractivity contribution in [2.45, 2.75) is 74.0 Å². The topological polar surface area (TPSA) is 115 Å². The SMILES string of the molecule is CC(C)(C)C(=O)/C=C(/O)c1ccccc1.CC(C)(C)C(=O)/C=C(/O)c1ccccc1.CC(O)CC(C)O.[Ti]. The summed E-state index contributed by atoms with van der Waals surface area (Å²) in [5, 5.41) is 36.5. The van der Waals surface area contributed by atoms with Crippen molar-refractivity contribution in [3.05, 3.63) is 83.9 Å². The molecule has 0 aliphatic rings. The third-order valence-corrected chi connectivity index (χ3v) is 4.84. The number of ketones is 2. The van der Waals surface area contributed by atoms with E-state index < -0.39 is 10.8 Å². The summed E-state index contributed by atoms with van der Waals surface area (Å²) in [7, 11) is 0. The van der Waals surface area contributed by atoms with Crippen molar-refractivity contribution in [1.29, 1.82) is 0 Å². The second kappa shape index (κ2) is 17.9. The van der Waals surface area contributed by atoms with Crippen LogP contribution in [-0.4, -0.2) is 44.2 Å². The molecule has 0 fully saturated rings. The van der Waals surface area contributed by atoms with Crippen LogP contribution >= 0.6 is 0 Å². The first-order chi connectivity index (χ1) is 16.9. The molecule has 2 atom stereocenters. The van der Waals surface area contributed by atoms with Gasteiger partial charge < -0.3 is 20.4 Å². The molecular formula is C31H44O6Ti. The molecule has 0 aliphatic heterocycles. The fourth-order valence-electron chi connectivity index (χ4n) is 2.56. The van der Waals surface area contributed by atoms with Gasteiger partial charge in [-0.2, -0.15) is 0 Å². The van der Waals surface area contributed by atoms with Crippen LogP contribution < -0.4 is 0 Å². The Morgan fingerprint density at radius 2 is 0.921 bits per heavy atom. The zero-order valence-corrected chi connectivity index (χ0v) is 25.5. The maximum Gasteiger partial charge on any atom is 0.164 e. The van der Waals surface area contributed by atoms with Crippen LogP contribution in [0.5, 0.6) is 0 Å². The number of benzene rings is 2. The molecule has 0 aromatic heterocycles. The van der Waals surface area contributed by atoms with Gasteiger partial charge in [0.05, 0.1) is 12.2 Å². The molecule has 2 aromatic rings. The van der Waals surface area contributed by atoms with Gasteiger partial charge in [0.15, 0.2) is 11.6 Å². The molecule has 208 valence electrons. The summed E-state index contributed by atoms with van der Waals surface area (Å²) in [5.74, 6) is -0.112. The van der Waals surface area contributed by atoms with Crippen molar-refractivity contribution in [3.8, 4) is 0 Å². The first-order valence-corrected chi connectivity index (χ1v) is 12.3. The monoisotopic (exact) mass is 560 g/mol. The van der Waals surface area contributed by atoms with Crippen LogP contribution in [0.1, 0.15) is 72.9 Å². The second-order valence-electron chi connectivity index (χ2n) is 11.0. The number of carbonyl (C=O) groups is 2. The van der Waals surface area contributed by atoms with Crippen molar-refractivity contribution < 1.29 is 51.7 Å². The van der Waals surface area contributed by atoms with E-state index in [9.17, 15) is 19.8 Å². The van der Waals surface area contributed by atoms with Crippen molar-refractivity contribution in [2.24, 2.45) is 10.8 Å². The van der Waals surface area contributed by atoms with E-state index in [4.69, 9.17) is 10.2 Å². The van der Waals surface area contributed by atoms with Crippen molar-refractivity contribution in [3.63, 3.8) is 0 Å². The van der Waals surface area contributed by atoms with Crippen LogP contribution in [0.25, 0.3) is 11.5 Å². The van der Waals surface area contributed by atoms with Gasteiger partial charge in [-0.05, 0) is 20.3 Å². The van der Waals surface area contributed by atoms with Gasteiger partial charge in [0.2, 0.25) is 0 Å². The molecule has 2 rings (SSSR count). The predicted octanol–water partition coefficient (Wildman–Crippen LogP) is 6.54. The largest absolute Gasteiger partial charge is 0.507 e. The smallest absolute Gasteiger partial charge is 0.164 e. The number of rotatable bonds is 6. The number of aliphatic hydroxyl groups excluding tert-OH is 4. The summed E-state index contributed by atoms with van der Waals surface area (Å²) < 4.78 is 0. The normalized spacial score (nSPS) is 13.4. The van der Waals surface area contributed by atoms with E-state index in [-0.39, 0.29) is 57.0 Å². The summed E-state index contributed by atoms with van der Waals surface area (Å²) in [6, 6.07) is 18.1. The fourth-order valence-corrected chi connectivity index (χ4v) is 2.56. The Labute approximate surface area is 243 Å². The van der Waals surface area contributed by atoms with Gasteiger partial charge in [-0.3, -0.25) is 9.59 Å². The molecule has 0 saturated carbocycles. The molecule has 0 radical (unpaired) electrons. The van der Waals surface area contributed by atoms with E-state index in [0.29, 0.717) is 17.5 Å². The number of allylic oxidation sites excluding steroid dienone is 2. The molecular weight excluding hydrogens is 516 g/mol. The Balaban J connectivity index is 0. The minimum atomic E-state index is -0.456. The molecule has 2 unspecified atom stereocenters. The van der Waals surface area contributed by atoms with E-state index in [2.05, 4.69) is 0 Å². The molecule has 0 heterocycles. The Morgan fingerprint density at radius 1 is 0.658 bits per heavy atom. The number of hydrogen-bond donors (Lipinski definition) is 4. The molecule has 0 saturated heterocycles. The molecule has 38 heavy (non-hydrogen) atoms. The molecule has 4 N–H and O–H groups in total. The van der Waals surface area contributed by atoms with Crippen LogP contribution in [0.4, 0.5) is 0 Å². The quantitative estimate of drug-likeness (QED) is 0.181. The van der Waals surface area contributed by atoms with Gasteiger partial charge in [0.1, 0.15) is 11.5 Å². The van der Waals surface area contributed by atoms with Gasteiger partial charge >= 0.3 is 0 Å². The standard InChI is InChI=1S/2C13H16O2.C5H12O2.Ti/c2*1-13(2,3)12(15)9-11(14)10-7-5-4-6-8-10;1-4(6)3-5(2)7;/h2*4-9,14H,1-3H3;4-7H,3H2,1-2H3;/b2*11-9+;;. The Kier molecular flexibility index (Phi) is 17.7. The Morgan fingerprint density at radius 3 is 1.11 bits per heavy atom. The number of aliphatic hydroxyl groups is 4. The average Bonchev–Trinajstić information content (AvgIpc) is 2.79. The van der Waals surface area contributed by atoms with Gasteiger partial charge in [-0.15, -0.1) is 0 Å². The third kappa shape index (κ3) is 17.1. The molecule has 0 amide bonds. The number of hydrogen-bond acceptors (Lipinski definition) is 6. The summed E-state index contributed by atoms with van der Waals surface area (Å²) in [6.45, 7) is 14.3. The van der Waals surface area contributed by atoms with Gasteiger partial charge in [-0.1, -0.05) is 102 Å². The van der Waals surface area contributed by atoms with E-state index in [1.165, 1.54) is 12.2 Å². The zero-order valence-electron chi connectivity index (χ0n) is 23.9. The van der Waals surface area contributed by atoms with E-state index in [0.717, 1.165) is 0 Å². The molecule has 2 aromatic carbocycles. The second-order valence-corrected chi connectivity index (χ2v) is 11.0. The van der Waals surface area contributed by atoms with E-state index in [1.807, 2.05) is 77.9 Å². The van der Waals surface area contributed by atoms with Crippen molar-refractivity contribution in [2.75, 3.05) is 0 Å². The minimum Gasteiger partial charge on any atom is -0.507 e. The first kappa shape index (κ1) is 37.6. The molecule has 7 heteroatoms. The van der Waals surface area contributed by atoms with Gasteiger partial charge in [0.25, 0.3) is 0 Å². The van der Waals surface area contributed by atoms with E-state index in [1.54, 1.807) is 38.1 Å². The summed E-state index contributed by atoms with van der Waals surface area (Å²) in [6.07, 6.45) is 2.30. The predicted molar refractivity (Wildman–Crippen MR) is 151 cm³/mol. The summed E-state index contributed by atoms with van der Waals surface area (Å²) in [5.41, 5.74) is 0.413. The first-order valence-electron chi connectivity index (χ1n) is 12.3. The molecule has 0 bridgehead atoms. The van der Waals surface area contributed by atoms with Crippen molar-refractivity contribution >= 4 is 23.1 Å². The molecule has 6 nitrogen and oxygen atoms in total. The maximum absolute atomic E-state index is 11.6. The van der Waals surface area contributed by atoms with Crippen LogP contribution in [0, 0.1) is 10.8 Å². The minimum absolute atomic E-state index is 0. The van der Waals surface area contributed by atoms with E-state index >= 15 is 0 Å². The fraction of sp³-hybridized carbons (Fsp3) is 0.419. The Bertz CT molecular complexity index is 928. The maximum atomic E-state index is 11.6. The molecule has 0 aliphatic carbocycles. The van der Waals surface area contributed by atoms with Crippen LogP contribution in [-0.2, 0) is 31.3 Å². The average molecular weight is 561 g/mol. The summed E-state index contributed by atoms with van der Waals surface area (Å²) >= 11 is 0. The Hall–Kier alpha value is -2.51. The van der Waals surface area contributed by atoms with Crippen LogP contribution in [0.2, 0.25) is 0 Å². The zero-order chi connectivity index (χ0) is 28.8. The van der Waals surface area contributed by atoms with Gasteiger partial charge in [0, 0.05) is 55.8 Å². The summed E-state index contributed by atoms with van der Waals surface area (Å²) in [4.78, 5) is 23.2. The third-order valence-electron chi connectivity index (χ3n) is 4.84. The number of carbonyl (C=O) groups excluding carboxylic acids is 2. The van der Waals surface area contributed by atoms with Crippen molar-refractivity contribution in [1.82, 2.24) is 0 Å². The molecule has 0 spiro atoms. The van der Waals surface area contributed by atoms with Crippen LogP contribution in [0.3, 0.4) is 0 Å². The van der Waals surface area contributed by atoms with Crippen LogP contribution in [0.15, 0.2) is 72.8 Å².